The van der Waals surface area contributed by atoms with Crippen LogP contribution in [0.3, 0.4) is 0 Å². The van der Waals surface area contributed by atoms with Gasteiger partial charge in [0.2, 0.25) is 0 Å². The highest BCUT2D eigenvalue weighted by atomic mass is 79.9. The van der Waals surface area contributed by atoms with Crippen molar-refractivity contribution in [2.24, 2.45) is 0 Å². The molecule has 0 unspecified atom stereocenters. The van der Waals surface area contributed by atoms with Crippen molar-refractivity contribution in [1.82, 2.24) is 0 Å². The van der Waals surface area contributed by atoms with Crippen LogP contribution in [0.2, 0.25) is 0 Å². The summed E-state index contributed by atoms with van der Waals surface area (Å²) in [5, 5.41) is 0. The Hall–Kier alpha value is -4.38. The first-order chi connectivity index (χ1) is 22.3. The van der Waals surface area contributed by atoms with Gasteiger partial charge in [-0.3, -0.25) is 0 Å². The van der Waals surface area contributed by atoms with E-state index in [-0.39, 0.29) is 5.41 Å². The highest BCUT2D eigenvalue weighted by molar-refractivity contribution is 9.11. The average molecular weight is 725 g/mol. The molecule has 2 aliphatic rings. The van der Waals surface area contributed by atoms with E-state index in [2.05, 4.69) is 202 Å². The second-order valence-corrected chi connectivity index (χ2v) is 14.7. The summed E-state index contributed by atoms with van der Waals surface area (Å²) in [5.41, 5.74) is 15.7. The first-order valence-electron chi connectivity index (χ1n) is 15.6. The number of anilines is 6. The van der Waals surface area contributed by atoms with E-state index in [1.54, 1.807) is 0 Å². The van der Waals surface area contributed by atoms with Gasteiger partial charge >= 0.3 is 0 Å². The highest BCUT2D eigenvalue weighted by Gasteiger charge is 2.35. The molecule has 0 radical (unpaired) electrons. The molecule has 4 heteroatoms. The Morgan fingerprint density at radius 1 is 0.413 bits per heavy atom. The van der Waals surface area contributed by atoms with Crippen LogP contribution in [0.25, 0.3) is 11.1 Å². The highest BCUT2D eigenvalue weighted by Crippen LogP contribution is 2.56. The number of halogens is 2. The molecule has 0 atom stereocenters. The minimum absolute atomic E-state index is 0.0926. The molecule has 0 bridgehead atoms. The van der Waals surface area contributed by atoms with Gasteiger partial charge in [-0.05, 0) is 65.6 Å². The Kier molecular flexibility index (Phi) is 7.04. The van der Waals surface area contributed by atoms with Crippen LogP contribution in [0.1, 0.15) is 48.6 Å². The molecule has 224 valence electrons. The monoisotopic (exact) mass is 722 g/mol. The van der Waals surface area contributed by atoms with Crippen molar-refractivity contribution >= 4 is 77.1 Å². The molecule has 0 saturated carbocycles. The van der Waals surface area contributed by atoms with Gasteiger partial charge in [0.1, 0.15) is 0 Å². The predicted octanol–water partition coefficient (Wildman–Crippen LogP) is 13.1. The maximum Gasteiger partial charge on any atom is 0.0540 e. The summed E-state index contributed by atoms with van der Waals surface area (Å²) in [7, 11) is 0. The average Bonchev–Trinajstić information content (AvgIpc) is 3.05. The van der Waals surface area contributed by atoms with E-state index in [4.69, 9.17) is 0 Å². The minimum Gasteiger partial charge on any atom is -0.309 e. The molecule has 0 aromatic heterocycles. The van der Waals surface area contributed by atoms with Crippen molar-refractivity contribution in [3.63, 3.8) is 0 Å². The molecule has 2 heterocycles. The number of hydrogen-bond donors (Lipinski definition) is 0. The normalized spacial score (nSPS) is 13.6. The van der Waals surface area contributed by atoms with E-state index < -0.39 is 0 Å². The second kappa shape index (κ2) is 11.2. The van der Waals surface area contributed by atoms with Gasteiger partial charge in [0, 0.05) is 53.7 Å². The van der Waals surface area contributed by atoms with Gasteiger partial charge < -0.3 is 9.80 Å². The van der Waals surface area contributed by atoms with E-state index >= 15 is 0 Å². The fourth-order valence-corrected chi connectivity index (χ4v) is 8.21. The molecule has 0 amide bonds. The largest absolute Gasteiger partial charge is 0.309 e. The van der Waals surface area contributed by atoms with Crippen LogP contribution in [0.15, 0.2) is 148 Å². The Labute approximate surface area is 287 Å². The molecular weight excluding hydrogens is 692 g/mol. The summed E-state index contributed by atoms with van der Waals surface area (Å²) in [6.07, 6.45) is 0. The molecule has 2 nitrogen and oxygen atoms in total. The number of benzene rings is 6. The third-order valence-corrected chi connectivity index (χ3v) is 9.92. The quantitative estimate of drug-likeness (QED) is 0.175. The molecule has 6 aromatic carbocycles. The molecule has 0 fully saturated rings. The topological polar surface area (TPSA) is 6.48 Å². The maximum atomic E-state index is 3.74. The molecule has 0 spiro atoms. The van der Waals surface area contributed by atoms with Crippen LogP contribution in [-0.2, 0) is 5.41 Å². The van der Waals surface area contributed by atoms with Crippen LogP contribution < -0.4 is 9.80 Å². The Balaban J connectivity index is 1.42. The molecule has 0 saturated heterocycles. The van der Waals surface area contributed by atoms with Crippen LogP contribution in [0, 0.1) is 0 Å². The van der Waals surface area contributed by atoms with Gasteiger partial charge in [-0.2, -0.15) is 0 Å². The van der Waals surface area contributed by atoms with Crippen molar-refractivity contribution < 1.29 is 0 Å². The van der Waals surface area contributed by atoms with E-state index in [9.17, 15) is 0 Å². The summed E-state index contributed by atoms with van der Waals surface area (Å²) >= 11 is 7.48. The van der Waals surface area contributed by atoms with Gasteiger partial charge in [-0.25, -0.2) is 0 Å². The zero-order chi connectivity index (χ0) is 31.6. The molecular formula is C42H32Br2N2. The summed E-state index contributed by atoms with van der Waals surface area (Å²) in [6.45, 7) is 6.80. The van der Waals surface area contributed by atoms with Gasteiger partial charge in [0.15, 0.2) is 0 Å². The third-order valence-electron chi connectivity index (χ3n) is 9.00. The van der Waals surface area contributed by atoms with E-state index in [0.717, 1.165) is 31.7 Å². The number of para-hydroxylation sites is 4. The first-order valence-corrected chi connectivity index (χ1v) is 17.2. The van der Waals surface area contributed by atoms with Gasteiger partial charge in [-0.15, -0.1) is 0 Å². The van der Waals surface area contributed by atoms with Crippen molar-refractivity contribution in [2.45, 2.75) is 26.2 Å². The van der Waals surface area contributed by atoms with Crippen molar-refractivity contribution in [3.8, 4) is 0 Å². The summed E-state index contributed by atoms with van der Waals surface area (Å²) in [5.74, 6) is 0. The smallest absolute Gasteiger partial charge is 0.0540 e. The number of rotatable bonds is 2. The molecule has 0 aliphatic carbocycles. The summed E-state index contributed by atoms with van der Waals surface area (Å²) in [6, 6.07) is 50.9. The lowest BCUT2D eigenvalue weighted by Gasteiger charge is -2.39. The van der Waals surface area contributed by atoms with Crippen molar-refractivity contribution in [3.05, 3.63) is 176 Å². The molecule has 2 aliphatic heterocycles. The van der Waals surface area contributed by atoms with Crippen molar-refractivity contribution in [1.29, 1.82) is 0 Å². The second-order valence-electron chi connectivity index (χ2n) is 12.9. The Morgan fingerprint density at radius 2 is 0.761 bits per heavy atom. The molecule has 8 rings (SSSR count). The minimum atomic E-state index is 0.0926. The number of fused-ring (bicyclic) bond motifs is 4. The lowest BCUT2D eigenvalue weighted by molar-refractivity contribution is 0.590. The lowest BCUT2D eigenvalue weighted by atomic mass is 9.79. The Morgan fingerprint density at radius 3 is 1.13 bits per heavy atom. The molecule has 46 heavy (non-hydrogen) atoms. The van der Waals surface area contributed by atoms with Crippen LogP contribution >= 0.6 is 31.9 Å². The fraction of sp³-hybridized carbons (Fsp3) is 0.0952. The van der Waals surface area contributed by atoms with E-state index in [0.29, 0.717) is 0 Å². The molecule has 0 N–H and O–H groups in total. The maximum absolute atomic E-state index is 3.74. The van der Waals surface area contributed by atoms with Gasteiger partial charge in [0.25, 0.3) is 0 Å². The number of nitrogens with zero attached hydrogens (tertiary/aromatic N) is 2. The van der Waals surface area contributed by atoms with Gasteiger partial charge in [-0.1, -0.05) is 138 Å². The summed E-state index contributed by atoms with van der Waals surface area (Å²) in [4.78, 5) is 4.81. The van der Waals surface area contributed by atoms with Crippen LogP contribution in [-0.4, -0.2) is 0 Å². The Bertz CT molecular complexity index is 2050. The number of hydrogen-bond acceptors (Lipinski definition) is 2. The summed E-state index contributed by atoms with van der Waals surface area (Å²) < 4.78 is 2.06. The standard InChI is InChI=1S/C42H32Br2N2/c1-42(2,3)27-20-22-30(23-21-27)45-36-16-8-4-12-32(36)40(33-13-5-9-17-37(33)45)41-34-14-6-10-18-38(34)46(39-19-11-7-15-35(39)41)31-25-28(43)24-29(44)26-31/h4-26H,1-3H3. The zero-order valence-corrected chi connectivity index (χ0v) is 29.1. The van der Waals surface area contributed by atoms with E-state index in [1.165, 1.54) is 50.3 Å². The first kappa shape index (κ1) is 29.1. The molecule has 6 aromatic rings. The predicted molar refractivity (Wildman–Crippen MR) is 201 cm³/mol. The zero-order valence-electron chi connectivity index (χ0n) is 25.9. The third kappa shape index (κ3) is 4.74. The SMILES string of the molecule is CC(C)(C)c1ccc(N2c3ccccc3C(=C3c4ccccc4N(c4cc(Br)cc(Br)c4)c4ccccc43)c3ccccc32)cc1. The van der Waals surface area contributed by atoms with Crippen molar-refractivity contribution in [2.75, 3.05) is 9.80 Å². The van der Waals surface area contributed by atoms with Crippen LogP contribution in [0.5, 0.6) is 0 Å². The van der Waals surface area contributed by atoms with Crippen LogP contribution in [0.4, 0.5) is 34.1 Å². The lowest BCUT2D eigenvalue weighted by Crippen LogP contribution is -2.22. The fourth-order valence-electron chi connectivity index (χ4n) is 6.94. The van der Waals surface area contributed by atoms with Gasteiger partial charge in [0.05, 0.1) is 22.7 Å². The van der Waals surface area contributed by atoms with E-state index in [1.807, 2.05) is 0 Å².